The number of ether oxygens (including phenoxy) is 1. The second-order valence-electron chi connectivity index (χ2n) is 3.22. The Morgan fingerprint density at radius 1 is 1.31 bits per heavy atom. The van der Waals surface area contributed by atoms with Crippen LogP contribution >= 0.6 is 12.6 Å². The molecule has 4 N–H and O–H groups in total. The molecule has 1 saturated heterocycles. The molecule has 1 fully saturated rings. The van der Waals surface area contributed by atoms with Crippen molar-refractivity contribution >= 4 is 23.0 Å². The number of aliphatic hydroxyl groups excluding tert-OH is 3. The third-order valence-electron chi connectivity index (χ3n) is 2.08. The van der Waals surface area contributed by atoms with E-state index in [1.807, 2.05) is 0 Å². The average molecular weight is 276 g/mol. The second-order valence-corrected chi connectivity index (χ2v) is 4.77. The van der Waals surface area contributed by atoms with E-state index in [1.54, 1.807) is 0 Å². The van der Waals surface area contributed by atoms with Gasteiger partial charge in [-0.15, -0.1) is 12.6 Å². The maximum absolute atomic E-state index is 10.5. The fourth-order valence-electron chi connectivity index (χ4n) is 1.32. The summed E-state index contributed by atoms with van der Waals surface area (Å²) >= 11 is 3.78. The lowest BCUT2D eigenvalue weighted by atomic mass is 10.0. The van der Waals surface area contributed by atoms with Gasteiger partial charge in [0.25, 0.3) is 0 Å². The Labute approximate surface area is 97.2 Å². The van der Waals surface area contributed by atoms with Gasteiger partial charge in [0.15, 0.2) is 0 Å². The van der Waals surface area contributed by atoms with Gasteiger partial charge in [-0.25, -0.2) is 4.18 Å². The summed E-state index contributed by atoms with van der Waals surface area (Å²) in [5, 5.41) is 27.7. The molecule has 0 aliphatic carbocycles. The normalized spacial score (nSPS) is 40.9. The van der Waals surface area contributed by atoms with Gasteiger partial charge >= 0.3 is 10.4 Å². The highest BCUT2D eigenvalue weighted by Crippen LogP contribution is 2.26. The van der Waals surface area contributed by atoms with Crippen molar-refractivity contribution in [1.29, 1.82) is 0 Å². The molecular weight excluding hydrogens is 264 g/mol. The first-order valence-corrected chi connectivity index (χ1v) is 6.10. The Kier molecular flexibility index (Phi) is 4.54. The van der Waals surface area contributed by atoms with Crippen LogP contribution in [0.3, 0.4) is 0 Å². The van der Waals surface area contributed by atoms with E-state index in [0.29, 0.717) is 0 Å². The first-order valence-electron chi connectivity index (χ1n) is 4.22. The zero-order valence-electron chi connectivity index (χ0n) is 7.87. The van der Waals surface area contributed by atoms with Crippen molar-refractivity contribution in [3.8, 4) is 0 Å². The largest absolute Gasteiger partial charge is 0.397 e. The van der Waals surface area contributed by atoms with Gasteiger partial charge in [-0.05, 0) is 0 Å². The van der Waals surface area contributed by atoms with Crippen LogP contribution < -0.4 is 0 Å². The predicted molar refractivity (Wildman–Crippen MR) is 53.2 cm³/mol. The van der Waals surface area contributed by atoms with E-state index in [4.69, 9.17) is 14.4 Å². The maximum atomic E-state index is 10.5. The maximum Gasteiger partial charge on any atom is 0.397 e. The van der Waals surface area contributed by atoms with Crippen LogP contribution in [0.4, 0.5) is 0 Å². The smallest absolute Gasteiger partial charge is 0.394 e. The van der Waals surface area contributed by atoms with E-state index >= 15 is 0 Å². The number of hydrogen-bond acceptors (Lipinski definition) is 8. The summed E-state index contributed by atoms with van der Waals surface area (Å²) < 4.78 is 38.3. The molecule has 0 bridgehead atoms. The molecule has 5 atom stereocenters. The summed E-state index contributed by atoms with van der Waals surface area (Å²) in [6, 6.07) is 0. The molecule has 0 amide bonds. The van der Waals surface area contributed by atoms with Crippen molar-refractivity contribution in [1.82, 2.24) is 0 Å². The van der Waals surface area contributed by atoms with Gasteiger partial charge in [0.05, 0.1) is 6.61 Å². The fraction of sp³-hybridized carbons (Fsp3) is 1.00. The van der Waals surface area contributed by atoms with E-state index in [2.05, 4.69) is 16.8 Å². The average Bonchev–Trinajstić information content (AvgIpc) is 2.17. The van der Waals surface area contributed by atoms with Crippen LogP contribution in [0.2, 0.25) is 0 Å². The molecule has 1 aliphatic rings. The third-order valence-corrected chi connectivity index (χ3v) is 2.96. The Hall–Kier alpha value is 0.0600. The van der Waals surface area contributed by atoms with E-state index in [0.717, 1.165) is 0 Å². The van der Waals surface area contributed by atoms with Gasteiger partial charge in [-0.1, -0.05) is 0 Å². The SMILES string of the molecule is O=S(=O)(O)O[C@@H]1[C@@H](O)[C@H](O)[C@@H](CO)O[C@H]1S. The van der Waals surface area contributed by atoms with Crippen molar-refractivity contribution in [2.45, 2.75) is 29.9 Å². The van der Waals surface area contributed by atoms with E-state index < -0.39 is 46.9 Å². The van der Waals surface area contributed by atoms with Gasteiger partial charge in [-0.3, -0.25) is 4.55 Å². The summed E-state index contributed by atoms with van der Waals surface area (Å²) in [6.07, 6.45) is -5.86. The molecule has 10 heteroatoms. The van der Waals surface area contributed by atoms with Crippen LogP contribution in [0.25, 0.3) is 0 Å². The van der Waals surface area contributed by atoms with E-state index in [1.165, 1.54) is 0 Å². The topological polar surface area (TPSA) is 134 Å². The van der Waals surface area contributed by atoms with E-state index in [9.17, 15) is 18.6 Å². The standard InChI is InChI=1S/C6H12O8S2/c7-1-2-3(8)4(9)5(6(15)13-2)14-16(10,11)12/h2-9,15H,1H2,(H,10,11,12)/t2-,3-,4+,5-,6+/m1/s1. The molecular formula is C6H12O8S2. The molecule has 0 saturated carbocycles. The van der Waals surface area contributed by atoms with Crippen molar-refractivity contribution in [3.05, 3.63) is 0 Å². The van der Waals surface area contributed by atoms with Gasteiger partial charge < -0.3 is 20.1 Å². The minimum absolute atomic E-state index is 0.576. The summed E-state index contributed by atoms with van der Waals surface area (Å²) in [5.74, 6) is 0. The van der Waals surface area contributed by atoms with Crippen LogP contribution in [0.5, 0.6) is 0 Å². The van der Waals surface area contributed by atoms with Gasteiger partial charge in [0, 0.05) is 0 Å². The summed E-state index contributed by atoms with van der Waals surface area (Å²) in [6.45, 7) is -0.576. The Morgan fingerprint density at radius 3 is 2.31 bits per heavy atom. The van der Waals surface area contributed by atoms with Crippen LogP contribution in [0, 0.1) is 0 Å². The lowest BCUT2D eigenvalue weighted by Crippen LogP contribution is -2.58. The molecule has 1 heterocycles. The number of rotatable bonds is 3. The molecule has 0 radical (unpaired) electrons. The number of aliphatic hydroxyl groups is 3. The Morgan fingerprint density at radius 2 is 1.88 bits per heavy atom. The van der Waals surface area contributed by atoms with Crippen LogP contribution in [-0.4, -0.2) is 64.7 Å². The molecule has 0 aromatic carbocycles. The quantitative estimate of drug-likeness (QED) is 0.283. The van der Waals surface area contributed by atoms with Crippen molar-refractivity contribution in [2.75, 3.05) is 6.61 Å². The molecule has 1 aliphatic heterocycles. The van der Waals surface area contributed by atoms with Gasteiger partial charge in [-0.2, -0.15) is 8.42 Å². The molecule has 16 heavy (non-hydrogen) atoms. The van der Waals surface area contributed by atoms with Gasteiger partial charge in [0.2, 0.25) is 0 Å². The van der Waals surface area contributed by atoms with Crippen LogP contribution in [-0.2, 0) is 19.3 Å². The third kappa shape index (κ3) is 3.28. The molecule has 0 aromatic rings. The van der Waals surface area contributed by atoms with E-state index in [-0.39, 0.29) is 0 Å². The van der Waals surface area contributed by atoms with Crippen molar-refractivity contribution < 1.29 is 37.2 Å². The zero-order valence-corrected chi connectivity index (χ0v) is 9.58. The molecule has 0 unspecified atom stereocenters. The predicted octanol–water partition coefficient (Wildman–Crippen LogP) is -2.46. The molecule has 0 spiro atoms. The lowest BCUT2D eigenvalue weighted by Gasteiger charge is -2.39. The van der Waals surface area contributed by atoms with Crippen molar-refractivity contribution in [3.63, 3.8) is 0 Å². The highest BCUT2D eigenvalue weighted by molar-refractivity contribution is 7.81. The Bertz CT molecular complexity index is 329. The lowest BCUT2D eigenvalue weighted by molar-refractivity contribution is -0.199. The van der Waals surface area contributed by atoms with Crippen LogP contribution in [0.15, 0.2) is 0 Å². The molecule has 1 rings (SSSR count). The molecule has 8 nitrogen and oxygen atoms in total. The Balaban J connectivity index is 2.80. The summed E-state index contributed by atoms with van der Waals surface area (Å²) in [7, 11) is -4.80. The summed E-state index contributed by atoms with van der Waals surface area (Å²) in [5.41, 5.74) is -1.21. The van der Waals surface area contributed by atoms with Crippen LogP contribution in [0.1, 0.15) is 0 Å². The monoisotopic (exact) mass is 276 g/mol. The number of thiol groups is 1. The van der Waals surface area contributed by atoms with Gasteiger partial charge in [0.1, 0.15) is 29.9 Å². The fourth-order valence-corrected chi connectivity index (χ4v) is 2.29. The molecule has 0 aromatic heterocycles. The highest BCUT2D eigenvalue weighted by atomic mass is 32.3. The first kappa shape index (κ1) is 14.1. The minimum atomic E-state index is -4.80. The highest BCUT2D eigenvalue weighted by Gasteiger charge is 2.45. The minimum Gasteiger partial charge on any atom is -0.394 e. The summed E-state index contributed by atoms with van der Waals surface area (Å²) in [4.78, 5) is 0. The zero-order chi connectivity index (χ0) is 12.5. The van der Waals surface area contributed by atoms with Crippen molar-refractivity contribution in [2.24, 2.45) is 0 Å². The molecule has 96 valence electrons. The first-order chi connectivity index (χ1) is 7.26. The number of hydrogen-bond donors (Lipinski definition) is 5. The second kappa shape index (κ2) is 5.14.